The van der Waals surface area contributed by atoms with E-state index in [9.17, 15) is 25.5 Å². The fourth-order valence-corrected chi connectivity index (χ4v) is 1.23. The Bertz CT molecular complexity index is 440. The molecule has 0 unspecified atom stereocenters. The largest absolute Gasteiger partial charge is 0.335 e. The Morgan fingerprint density at radius 1 is 1.00 bits per heavy atom. The molecule has 0 bridgehead atoms. The standard InChI is InChI=1S/C6H2F4O2S/c7-3-1-2-4(13(10,11)12)6(9)5(3)8/h1-2H. The van der Waals surface area contributed by atoms with E-state index < -0.39 is 32.6 Å². The van der Waals surface area contributed by atoms with Crippen LogP contribution in [0.1, 0.15) is 0 Å². The lowest BCUT2D eigenvalue weighted by atomic mass is 10.3. The Morgan fingerprint density at radius 2 is 1.54 bits per heavy atom. The Kier molecular flexibility index (Phi) is 2.29. The highest BCUT2D eigenvalue weighted by Gasteiger charge is 2.22. The highest BCUT2D eigenvalue weighted by atomic mass is 32.3. The van der Waals surface area contributed by atoms with E-state index in [-0.39, 0.29) is 0 Å². The lowest BCUT2D eigenvalue weighted by Crippen LogP contribution is -2.01. The van der Waals surface area contributed by atoms with Gasteiger partial charge in [0.15, 0.2) is 17.5 Å². The molecule has 0 fully saturated rings. The summed E-state index contributed by atoms with van der Waals surface area (Å²) in [6.45, 7) is 0. The molecule has 0 aromatic heterocycles. The van der Waals surface area contributed by atoms with Crippen molar-refractivity contribution < 1.29 is 25.5 Å². The van der Waals surface area contributed by atoms with Gasteiger partial charge in [-0.1, -0.05) is 0 Å². The Morgan fingerprint density at radius 3 is 2.00 bits per heavy atom. The Labute approximate surface area is 71.0 Å². The van der Waals surface area contributed by atoms with Gasteiger partial charge >= 0.3 is 10.2 Å². The predicted molar refractivity (Wildman–Crippen MR) is 34.6 cm³/mol. The van der Waals surface area contributed by atoms with Crippen LogP contribution >= 0.6 is 0 Å². The van der Waals surface area contributed by atoms with E-state index in [0.29, 0.717) is 12.1 Å². The van der Waals surface area contributed by atoms with Crippen LogP contribution in [0.15, 0.2) is 17.0 Å². The summed E-state index contributed by atoms with van der Waals surface area (Å²) >= 11 is 0. The summed E-state index contributed by atoms with van der Waals surface area (Å²) in [5.41, 5.74) is 0. The maximum atomic E-state index is 12.5. The van der Waals surface area contributed by atoms with Crippen LogP contribution in [0.4, 0.5) is 17.1 Å². The molecule has 0 radical (unpaired) electrons. The number of hydrogen-bond acceptors (Lipinski definition) is 2. The van der Waals surface area contributed by atoms with E-state index in [1.807, 2.05) is 0 Å². The molecule has 0 N–H and O–H groups in total. The minimum absolute atomic E-state index is 0.309. The molecular formula is C6H2F4O2S. The summed E-state index contributed by atoms with van der Waals surface area (Å²) in [4.78, 5) is -1.51. The molecule has 7 heteroatoms. The average Bonchev–Trinajstić information content (AvgIpc) is 1.98. The molecule has 1 aromatic carbocycles. The number of hydrogen-bond donors (Lipinski definition) is 0. The first-order valence-corrected chi connectivity index (χ1v) is 4.30. The van der Waals surface area contributed by atoms with Crippen molar-refractivity contribution in [3.05, 3.63) is 29.6 Å². The van der Waals surface area contributed by atoms with Crippen LogP contribution in [0.2, 0.25) is 0 Å². The van der Waals surface area contributed by atoms with E-state index in [2.05, 4.69) is 0 Å². The third-order valence-electron chi connectivity index (χ3n) is 1.26. The molecule has 72 valence electrons. The zero-order valence-corrected chi connectivity index (χ0v) is 6.71. The molecule has 2 nitrogen and oxygen atoms in total. The second kappa shape index (κ2) is 2.99. The van der Waals surface area contributed by atoms with Gasteiger partial charge in [-0.2, -0.15) is 8.42 Å². The smallest absolute Gasteiger partial charge is 0.204 e. The van der Waals surface area contributed by atoms with Crippen molar-refractivity contribution >= 4 is 10.2 Å². The molecule has 0 amide bonds. The molecule has 0 aliphatic carbocycles. The van der Waals surface area contributed by atoms with E-state index in [1.165, 1.54) is 0 Å². The van der Waals surface area contributed by atoms with Gasteiger partial charge in [-0.3, -0.25) is 0 Å². The van der Waals surface area contributed by atoms with Crippen molar-refractivity contribution in [2.75, 3.05) is 0 Å². The number of halogens is 4. The monoisotopic (exact) mass is 214 g/mol. The maximum Gasteiger partial charge on any atom is 0.335 e. The summed E-state index contributed by atoms with van der Waals surface area (Å²) in [5.74, 6) is -5.65. The number of benzene rings is 1. The van der Waals surface area contributed by atoms with Gasteiger partial charge in [-0.15, -0.1) is 3.89 Å². The predicted octanol–water partition coefficient (Wildman–Crippen LogP) is 1.76. The van der Waals surface area contributed by atoms with E-state index in [1.54, 1.807) is 0 Å². The molecule has 0 saturated heterocycles. The quantitative estimate of drug-likeness (QED) is 0.405. The summed E-state index contributed by atoms with van der Waals surface area (Å²) in [5, 5.41) is 0. The van der Waals surface area contributed by atoms with Gasteiger partial charge in [0, 0.05) is 0 Å². The molecule has 0 atom stereocenters. The zero-order chi connectivity index (χ0) is 10.2. The van der Waals surface area contributed by atoms with Crippen LogP contribution in [0, 0.1) is 17.5 Å². The summed E-state index contributed by atoms with van der Waals surface area (Å²) in [6.07, 6.45) is 0. The second-order valence-electron chi connectivity index (χ2n) is 2.11. The molecule has 1 rings (SSSR count). The fraction of sp³-hybridized carbons (Fsp3) is 0. The lowest BCUT2D eigenvalue weighted by molar-refractivity contribution is 0.429. The molecule has 0 saturated carbocycles. The summed E-state index contributed by atoms with van der Waals surface area (Å²) in [7, 11) is -5.35. The molecule has 0 aliphatic heterocycles. The second-order valence-corrected chi connectivity index (χ2v) is 3.43. The minimum atomic E-state index is -5.35. The number of rotatable bonds is 1. The minimum Gasteiger partial charge on any atom is -0.204 e. The van der Waals surface area contributed by atoms with Crippen LogP contribution < -0.4 is 0 Å². The van der Waals surface area contributed by atoms with Gasteiger partial charge in [0.25, 0.3) is 0 Å². The molecule has 0 spiro atoms. The van der Waals surface area contributed by atoms with Crippen molar-refractivity contribution in [1.82, 2.24) is 0 Å². The van der Waals surface area contributed by atoms with Crippen molar-refractivity contribution in [3.8, 4) is 0 Å². The van der Waals surface area contributed by atoms with Gasteiger partial charge < -0.3 is 0 Å². The molecule has 0 heterocycles. The van der Waals surface area contributed by atoms with Crippen LogP contribution in [-0.4, -0.2) is 8.42 Å². The van der Waals surface area contributed by atoms with Crippen molar-refractivity contribution in [2.24, 2.45) is 0 Å². The van der Waals surface area contributed by atoms with Crippen molar-refractivity contribution in [3.63, 3.8) is 0 Å². The van der Waals surface area contributed by atoms with Gasteiger partial charge in [0.1, 0.15) is 4.90 Å². The van der Waals surface area contributed by atoms with E-state index in [0.717, 1.165) is 0 Å². The van der Waals surface area contributed by atoms with Crippen LogP contribution in [0.5, 0.6) is 0 Å². The third-order valence-corrected chi connectivity index (χ3v) is 2.10. The SMILES string of the molecule is O=S(=O)(F)c1ccc(F)c(F)c1F. The topological polar surface area (TPSA) is 34.1 Å². The van der Waals surface area contributed by atoms with Gasteiger partial charge in [0.05, 0.1) is 0 Å². The first-order chi connectivity index (χ1) is 5.84. The average molecular weight is 214 g/mol. The van der Waals surface area contributed by atoms with Gasteiger partial charge in [-0.05, 0) is 12.1 Å². The molecule has 0 aliphatic rings. The first kappa shape index (κ1) is 9.97. The van der Waals surface area contributed by atoms with Gasteiger partial charge in [0.2, 0.25) is 0 Å². The fourth-order valence-electron chi connectivity index (χ4n) is 0.696. The van der Waals surface area contributed by atoms with E-state index >= 15 is 0 Å². The third kappa shape index (κ3) is 1.80. The molecular weight excluding hydrogens is 212 g/mol. The van der Waals surface area contributed by atoms with Crippen LogP contribution in [0.3, 0.4) is 0 Å². The Hall–Kier alpha value is -1.11. The molecule has 1 aromatic rings. The lowest BCUT2D eigenvalue weighted by Gasteiger charge is -1.98. The summed E-state index contributed by atoms with van der Waals surface area (Å²) < 4.78 is 69.5. The Balaban J connectivity index is 3.53. The van der Waals surface area contributed by atoms with Crippen LogP contribution in [-0.2, 0) is 10.2 Å². The maximum absolute atomic E-state index is 12.5. The first-order valence-electron chi connectivity index (χ1n) is 2.92. The van der Waals surface area contributed by atoms with Crippen LogP contribution in [0.25, 0.3) is 0 Å². The highest BCUT2D eigenvalue weighted by molar-refractivity contribution is 7.86. The molecule has 13 heavy (non-hydrogen) atoms. The zero-order valence-electron chi connectivity index (χ0n) is 5.89. The van der Waals surface area contributed by atoms with E-state index in [4.69, 9.17) is 0 Å². The highest BCUT2D eigenvalue weighted by Crippen LogP contribution is 2.20. The van der Waals surface area contributed by atoms with Crippen molar-refractivity contribution in [2.45, 2.75) is 4.90 Å². The van der Waals surface area contributed by atoms with Gasteiger partial charge in [-0.25, -0.2) is 13.2 Å². The van der Waals surface area contributed by atoms with Crippen molar-refractivity contribution in [1.29, 1.82) is 0 Å². The normalized spacial score (nSPS) is 11.7. The summed E-state index contributed by atoms with van der Waals surface area (Å²) in [6, 6.07) is 0.633.